The molecule has 0 saturated heterocycles. The highest BCUT2D eigenvalue weighted by Crippen LogP contribution is 1.98. The predicted molar refractivity (Wildman–Crippen MR) is 57.6 cm³/mol. The molecular weight excluding hydrogens is 212 g/mol. The number of carbonyl (C=O) groups excluding carboxylic acids is 2. The first kappa shape index (κ1) is 14.6. The van der Waals surface area contributed by atoms with Gasteiger partial charge in [0, 0.05) is 12.2 Å². The summed E-state index contributed by atoms with van der Waals surface area (Å²) in [6.07, 6.45) is 3.33. The van der Waals surface area contributed by atoms with E-state index in [9.17, 15) is 9.59 Å². The molecule has 0 amide bonds. The van der Waals surface area contributed by atoms with Crippen molar-refractivity contribution >= 4 is 11.9 Å². The fraction of sp³-hybridized carbons (Fsp3) is 0.636. The topological polar surface area (TPSA) is 61.8 Å². The first-order valence-electron chi connectivity index (χ1n) is 5.18. The van der Waals surface area contributed by atoms with E-state index >= 15 is 0 Å². The maximum atomic E-state index is 11.1. The van der Waals surface area contributed by atoms with Crippen LogP contribution in [-0.2, 0) is 23.8 Å². The van der Waals surface area contributed by atoms with Gasteiger partial charge in [-0.25, -0.2) is 9.59 Å². The number of unbranched alkanes of at least 4 members (excludes halogenated alkanes) is 1. The Kier molecular flexibility index (Phi) is 8.15. The van der Waals surface area contributed by atoms with E-state index in [0.717, 1.165) is 25.0 Å². The summed E-state index contributed by atoms with van der Waals surface area (Å²) in [5.74, 6) is -1.23. The Balaban J connectivity index is 3.77. The molecule has 16 heavy (non-hydrogen) atoms. The Bertz CT molecular complexity index is 247. The van der Waals surface area contributed by atoms with Crippen LogP contribution in [-0.4, -0.2) is 31.9 Å². The third-order valence-corrected chi connectivity index (χ3v) is 1.69. The summed E-state index contributed by atoms with van der Waals surface area (Å²) < 4.78 is 14.3. The minimum atomic E-state index is -0.630. The molecule has 1 atom stereocenters. The van der Waals surface area contributed by atoms with E-state index in [1.54, 1.807) is 6.92 Å². The van der Waals surface area contributed by atoms with Gasteiger partial charge < -0.3 is 14.2 Å². The molecule has 5 heteroatoms. The normalized spacial score (nSPS) is 12.4. The molecule has 0 radical (unpaired) electrons. The third kappa shape index (κ3) is 7.99. The van der Waals surface area contributed by atoms with Crippen molar-refractivity contribution in [2.24, 2.45) is 0 Å². The van der Waals surface area contributed by atoms with E-state index in [0.29, 0.717) is 6.61 Å². The highest BCUT2D eigenvalue weighted by atomic mass is 16.7. The Labute approximate surface area is 95.4 Å². The average Bonchev–Trinajstić information content (AvgIpc) is 2.26. The van der Waals surface area contributed by atoms with E-state index in [4.69, 9.17) is 9.47 Å². The molecule has 0 aromatic heterocycles. The fourth-order valence-corrected chi connectivity index (χ4v) is 0.835. The highest BCUT2D eigenvalue weighted by molar-refractivity contribution is 5.91. The van der Waals surface area contributed by atoms with Crippen LogP contribution in [0.25, 0.3) is 0 Å². The van der Waals surface area contributed by atoms with Crippen LogP contribution in [0.3, 0.4) is 0 Å². The van der Waals surface area contributed by atoms with E-state index in [1.165, 1.54) is 7.11 Å². The molecule has 1 unspecified atom stereocenters. The first-order chi connectivity index (χ1) is 7.60. The van der Waals surface area contributed by atoms with E-state index in [-0.39, 0.29) is 0 Å². The minimum absolute atomic E-state index is 0.547. The molecule has 0 saturated carbocycles. The van der Waals surface area contributed by atoms with Crippen molar-refractivity contribution in [2.45, 2.75) is 33.0 Å². The summed E-state index contributed by atoms with van der Waals surface area (Å²) in [5, 5.41) is 0. The van der Waals surface area contributed by atoms with Crippen LogP contribution in [0.5, 0.6) is 0 Å². The maximum absolute atomic E-state index is 11.1. The van der Waals surface area contributed by atoms with Crippen molar-refractivity contribution in [3.8, 4) is 0 Å². The molecule has 0 aliphatic rings. The Morgan fingerprint density at radius 3 is 2.44 bits per heavy atom. The van der Waals surface area contributed by atoms with Crippen LogP contribution < -0.4 is 0 Å². The third-order valence-electron chi connectivity index (χ3n) is 1.69. The van der Waals surface area contributed by atoms with Gasteiger partial charge in [0.25, 0.3) is 0 Å². The molecule has 5 nitrogen and oxygen atoms in total. The zero-order chi connectivity index (χ0) is 12.4. The Hall–Kier alpha value is -1.36. The molecule has 0 spiro atoms. The number of ether oxygens (including phenoxy) is 3. The first-order valence-corrected chi connectivity index (χ1v) is 5.18. The van der Waals surface area contributed by atoms with Gasteiger partial charge in [-0.2, -0.15) is 0 Å². The Morgan fingerprint density at radius 1 is 1.25 bits per heavy atom. The molecule has 0 bridgehead atoms. The zero-order valence-corrected chi connectivity index (χ0v) is 9.89. The number of esters is 2. The van der Waals surface area contributed by atoms with Crippen LogP contribution in [0.15, 0.2) is 12.2 Å². The summed E-state index contributed by atoms with van der Waals surface area (Å²) in [6, 6.07) is 0. The van der Waals surface area contributed by atoms with Gasteiger partial charge in [0.2, 0.25) is 0 Å². The molecular formula is C11H18O5. The summed E-state index contributed by atoms with van der Waals surface area (Å²) in [5.41, 5.74) is 0. The van der Waals surface area contributed by atoms with Crippen LogP contribution in [0.2, 0.25) is 0 Å². The van der Waals surface area contributed by atoms with Gasteiger partial charge in [-0.15, -0.1) is 0 Å². The van der Waals surface area contributed by atoms with Gasteiger partial charge in [0.05, 0.1) is 13.7 Å². The summed E-state index contributed by atoms with van der Waals surface area (Å²) in [6.45, 7) is 4.21. The van der Waals surface area contributed by atoms with Gasteiger partial charge in [0.15, 0.2) is 6.29 Å². The summed E-state index contributed by atoms with van der Waals surface area (Å²) in [4.78, 5) is 21.8. The molecule has 0 aliphatic carbocycles. The van der Waals surface area contributed by atoms with Gasteiger partial charge in [-0.05, 0) is 13.3 Å². The molecule has 0 rings (SSSR count). The molecule has 0 N–H and O–H groups in total. The SMILES string of the molecule is CCCCOC(C)OC(=O)C=CC(=O)OC. The molecule has 0 heterocycles. The predicted octanol–water partition coefficient (Wildman–Crippen LogP) is 1.42. The summed E-state index contributed by atoms with van der Waals surface area (Å²) >= 11 is 0. The lowest BCUT2D eigenvalue weighted by Gasteiger charge is -2.12. The number of hydrogen-bond donors (Lipinski definition) is 0. The van der Waals surface area contributed by atoms with Crippen molar-refractivity contribution < 1.29 is 23.8 Å². The standard InChI is InChI=1S/C11H18O5/c1-4-5-8-15-9(2)16-11(13)7-6-10(12)14-3/h6-7,9H,4-5,8H2,1-3H3. The smallest absolute Gasteiger partial charge is 0.333 e. The quantitative estimate of drug-likeness (QED) is 0.286. The maximum Gasteiger partial charge on any atom is 0.333 e. The minimum Gasteiger partial charge on any atom is -0.466 e. The summed E-state index contributed by atoms with van der Waals surface area (Å²) in [7, 11) is 1.23. The zero-order valence-electron chi connectivity index (χ0n) is 9.89. The van der Waals surface area contributed by atoms with Crippen molar-refractivity contribution in [1.82, 2.24) is 0 Å². The average molecular weight is 230 g/mol. The largest absolute Gasteiger partial charge is 0.466 e. The number of methoxy groups -OCH3 is 1. The van der Waals surface area contributed by atoms with Gasteiger partial charge in [-0.3, -0.25) is 0 Å². The van der Waals surface area contributed by atoms with Gasteiger partial charge >= 0.3 is 11.9 Å². The molecule has 0 fully saturated rings. The molecule has 0 aromatic carbocycles. The van der Waals surface area contributed by atoms with Crippen molar-refractivity contribution in [2.75, 3.05) is 13.7 Å². The van der Waals surface area contributed by atoms with Crippen molar-refractivity contribution in [1.29, 1.82) is 0 Å². The molecule has 92 valence electrons. The van der Waals surface area contributed by atoms with Crippen molar-refractivity contribution in [3.63, 3.8) is 0 Å². The Morgan fingerprint density at radius 2 is 1.88 bits per heavy atom. The van der Waals surface area contributed by atoms with Crippen molar-refractivity contribution in [3.05, 3.63) is 12.2 Å². The van der Waals surface area contributed by atoms with E-state index in [1.807, 2.05) is 6.92 Å². The van der Waals surface area contributed by atoms with Crippen LogP contribution in [0.4, 0.5) is 0 Å². The lowest BCUT2D eigenvalue weighted by Crippen LogP contribution is -2.17. The number of rotatable bonds is 7. The molecule has 0 aliphatic heterocycles. The van der Waals surface area contributed by atoms with Gasteiger partial charge in [0.1, 0.15) is 0 Å². The number of hydrogen-bond acceptors (Lipinski definition) is 5. The second kappa shape index (κ2) is 8.91. The van der Waals surface area contributed by atoms with Crippen LogP contribution in [0, 0.1) is 0 Å². The van der Waals surface area contributed by atoms with E-state index in [2.05, 4.69) is 4.74 Å². The lowest BCUT2D eigenvalue weighted by molar-refractivity contribution is -0.169. The fourth-order valence-electron chi connectivity index (χ4n) is 0.835. The lowest BCUT2D eigenvalue weighted by atomic mass is 10.4. The van der Waals surface area contributed by atoms with Crippen LogP contribution >= 0.6 is 0 Å². The van der Waals surface area contributed by atoms with Crippen LogP contribution in [0.1, 0.15) is 26.7 Å². The van der Waals surface area contributed by atoms with Gasteiger partial charge in [-0.1, -0.05) is 13.3 Å². The highest BCUT2D eigenvalue weighted by Gasteiger charge is 2.06. The van der Waals surface area contributed by atoms with E-state index < -0.39 is 18.2 Å². The number of carbonyl (C=O) groups is 2. The molecule has 0 aromatic rings. The second-order valence-electron chi connectivity index (χ2n) is 3.09. The second-order valence-corrected chi connectivity index (χ2v) is 3.09. The monoisotopic (exact) mass is 230 g/mol.